The molecule has 2 aliphatic carbocycles. The Morgan fingerprint density at radius 1 is 1.12 bits per heavy atom. The van der Waals surface area contributed by atoms with Crippen LogP contribution >= 0.6 is 11.6 Å². The van der Waals surface area contributed by atoms with Gasteiger partial charge in [0.05, 0.1) is 7.11 Å². The maximum Gasteiger partial charge on any atom is 0.142 e. The lowest BCUT2D eigenvalue weighted by Crippen LogP contribution is -2.47. The third-order valence-corrected chi connectivity index (χ3v) is 6.85. The highest BCUT2D eigenvalue weighted by molar-refractivity contribution is 6.30. The topological polar surface area (TPSA) is 12.5 Å². The van der Waals surface area contributed by atoms with E-state index in [1.807, 2.05) is 0 Å². The number of likely N-dealkylation sites (tertiary alicyclic amines) is 1. The summed E-state index contributed by atoms with van der Waals surface area (Å²) in [6, 6.07) is 5.98. The fraction of sp³-hybridized carbons (Fsp3) is 0.700. The van der Waals surface area contributed by atoms with Gasteiger partial charge in [0.15, 0.2) is 0 Å². The van der Waals surface area contributed by atoms with Gasteiger partial charge in [-0.2, -0.15) is 0 Å². The van der Waals surface area contributed by atoms with Crippen molar-refractivity contribution in [2.45, 2.75) is 56.7 Å². The molecule has 2 saturated carbocycles. The highest BCUT2D eigenvalue weighted by atomic mass is 35.5. The maximum atomic E-state index is 15.7. The average molecular weight is 352 g/mol. The summed E-state index contributed by atoms with van der Waals surface area (Å²) >= 11 is 6.11. The van der Waals surface area contributed by atoms with Gasteiger partial charge in [-0.05, 0) is 62.1 Å². The predicted octanol–water partition coefficient (Wildman–Crippen LogP) is 5.19. The minimum absolute atomic E-state index is 0.537. The largest absolute Gasteiger partial charge is 0.496 e. The van der Waals surface area contributed by atoms with Gasteiger partial charge >= 0.3 is 0 Å². The van der Waals surface area contributed by atoms with Gasteiger partial charge in [-0.15, -0.1) is 0 Å². The van der Waals surface area contributed by atoms with Crippen molar-refractivity contribution in [1.29, 1.82) is 0 Å². The van der Waals surface area contributed by atoms with Crippen LogP contribution in [0.1, 0.15) is 50.5 Å². The number of halogens is 2. The SMILES string of the molecule is COc1ccc(Cl)cc1C1(F)CCN(C2CC3CCC(C3)C2)CC1. The highest BCUT2D eigenvalue weighted by Crippen LogP contribution is 2.47. The quantitative estimate of drug-likeness (QED) is 0.743. The molecule has 0 aromatic heterocycles. The van der Waals surface area contributed by atoms with Gasteiger partial charge in [0.2, 0.25) is 0 Å². The lowest BCUT2D eigenvalue weighted by Gasteiger charge is -2.43. The minimum Gasteiger partial charge on any atom is -0.496 e. The molecule has 1 saturated heterocycles. The first-order valence-corrected chi connectivity index (χ1v) is 9.72. The molecular weight excluding hydrogens is 325 g/mol. The molecule has 0 amide bonds. The number of methoxy groups -OCH3 is 1. The van der Waals surface area contributed by atoms with Crippen LogP contribution in [-0.4, -0.2) is 31.1 Å². The summed E-state index contributed by atoms with van der Waals surface area (Å²) < 4.78 is 21.1. The molecule has 0 spiro atoms. The molecule has 0 radical (unpaired) electrons. The van der Waals surface area contributed by atoms with Crippen molar-refractivity contribution in [3.05, 3.63) is 28.8 Å². The van der Waals surface area contributed by atoms with E-state index in [2.05, 4.69) is 4.90 Å². The molecule has 1 aliphatic heterocycles. The molecule has 4 rings (SSSR count). The molecule has 0 N–H and O–H groups in total. The first-order valence-electron chi connectivity index (χ1n) is 9.34. The molecule has 132 valence electrons. The van der Waals surface area contributed by atoms with Gasteiger partial charge in [-0.1, -0.05) is 24.4 Å². The molecule has 2 unspecified atom stereocenters. The number of piperidine rings is 1. The smallest absolute Gasteiger partial charge is 0.142 e. The molecular formula is C20H27ClFNO. The lowest BCUT2D eigenvalue weighted by atomic mass is 9.81. The summed E-state index contributed by atoms with van der Waals surface area (Å²) in [6.45, 7) is 1.69. The standard InChI is InChI=1S/C20H27ClFNO/c1-24-19-5-4-16(21)13-18(19)20(22)6-8-23(9-7-20)17-11-14-2-3-15(10-14)12-17/h4-5,13-15,17H,2-3,6-12H2,1H3. The van der Waals surface area contributed by atoms with Gasteiger partial charge in [-0.3, -0.25) is 0 Å². The normalized spacial score (nSPS) is 32.7. The van der Waals surface area contributed by atoms with Crippen LogP contribution in [0.3, 0.4) is 0 Å². The van der Waals surface area contributed by atoms with Gasteiger partial charge < -0.3 is 9.64 Å². The number of hydrogen-bond donors (Lipinski definition) is 0. The van der Waals surface area contributed by atoms with Crippen LogP contribution in [0.5, 0.6) is 5.75 Å². The van der Waals surface area contributed by atoms with Crippen LogP contribution in [0.15, 0.2) is 18.2 Å². The van der Waals surface area contributed by atoms with Crippen LogP contribution < -0.4 is 4.74 Å². The molecule has 2 atom stereocenters. The van der Waals surface area contributed by atoms with Crippen LogP contribution in [0.2, 0.25) is 5.02 Å². The van der Waals surface area contributed by atoms with Gasteiger partial charge in [0.1, 0.15) is 11.4 Å². The number of fused-ring (bicyclic) bond motifs is 2. The molecule has 1 aromatic rings. The molecule has 3 fully saturated rings. The van der Waals surface area contributed by atoms with E-state index in [1.165, 1.54) is 32.1 Å². The van der Waals surface area contributed by atoms with E-state index in [1.54, 1.807) is 25.3 Å². The first-order chi connectivity index (χ1) is 11.6. The highest BCUT2D eigenvalue weighted by Gasteiger charge is 2.42. The zero-order chi connectivity index (χ0) is 16.7. The summed E-state index contributed by atoms with van der Waals surface area (Å²) in [5.74, 6) is 2.48. The molecule has 1 aromatic carbocycles. The Kier molecular flexibility index (Phi) is 4.51. The molecule has 2 bridgehead atoms. The second-order valence-corrected chi connectivity index (χ2v) is 8.45. The Morgan fingerprint density at radius 3 is 2.42 bits per heavy atom. The van der Waals surface area contributed by atoms with E-state index < -0.39 is 5.67 Å². The average Bonchev–Trinajstić information content (AvgIpc) is 2.93. The number of ether oxygens (including phenoxy) is 1. The summed E-state index contributed by atoms with van der Waals surface area (Å²) in [7, 11) is 1.60. The Balaban J connectivity index is 1.46. The summed E-state index contributed by atoms with van der Waals surface area (Å²) in [6.07, 6.45) is 8.01. The van der Waals surface area contributed by atoms with Gasteiger partial charge in [0.25, 0.3) is 0 Å². The third-order valence-electron chi connectivity index (χ3n) is 6.61. The fourth-order valence-electron chi connectivity index (χ4n) is 5.31. The van der Waals surface area contributed by atoms with Crippen molar-refractivity contribution in [2.75, 3.05) is 20.2 Å². The lowest BCUT2D eigenvalue weighted by molar-refractivity contribution is 0.0181. The van der Waals surface area contributed by atoms with Crippen LogP contribution in [0, 0.1) is 11.8 Å². The van der Waals surface area contributed by atoms with Crippen LogP contribution in [0.25, 0.3) is 0 Å². The molecule has 1 heterocycles. The summed E-state index contributed by atoms with van der Waals surface area (Å²) in [5, 5.41) is 0.578. The fourth-order valence-corrected chi connectivity index (χ4v) is 5.49. The Hall–Kier alpha value is -0.800. The Morgan fingerprint density at radius 2 is 1.79 bits per heavy atom. The van der Waals surface area contributed by atoms with Crippen molar-refractivity contribution in [3.63, 3.8) is 0 Å². The van der Waals surface area contributed by atoms with Crippen molar-refractivity contribution in [2.24, 2.45) is 11.8 Å². The number of nitrogens with zero attached hydrogens (tertiary/aromatic N) is 1. The van der Waals surface area contributed by atoms with E-state index in [9.17, 15) is 0 Å². The van der Waals surface area contributed by atoms with E-state index in [0.717, 1.165) is 24.9 Å². The number of benzene rings is 1. The first kappa shape index (κ1) is 16.7. The summed E-state index contributed by atoms with van der Waals surface area (Å²) in [5.41, 5.74) is -0.693. The van der Waals surface area contributed by atoms with Crippen molar-refractivity contribution in [1.82, 2.24) is 4.90 Å². The van der Waals surface area contributed by atoms with E-state index in [4.69, 9.17) is 16.3 Å². The monoisotopic (exact) mass is 351 g/mol. The maximum absolute atomic E-state index is 15.7. The zero-order valence-corrected chi connectivity index (χ0v) is 15.2. The van der Waals surface area contributed by atoms with Crippen molar-refractivity contribution < 1.29 is 9.13 Å². The van der Waals surface area contributed by atoms with Gasteiger partial charge in [-0.25, -0.2) is 4.39 Å². The predicted molar refractivity (Wildman–Crippen MR) is 95.5 cm³/mol. The molecule has 4 heteroatoms. The Labute approximate surface area is 149 Å². The third kappa shape index (κ3) is 3.06. The molecule has 24 heavy (non-hydrogen) atoms. The summed E-state index contributed by atoms with van der Waals surface area (Å²) in [4.78, 5) is 2.55. The van der Waals surface area contributed by atoms with Crippen molar-refractivity contribution >= 4 is 11.6 Å². The number of hydrogen-bond acceptors (Lipinski definition) is 2. The molecule has 2 nitrogen and oxygen atoms in total. The van der Waals surface area contributed by atoms with E-state index >= 15 is 4.39 Å². The second kappa shape index (κ2) is 6.49. The van der Waals surface area contributed by atoms with Crippen LogP contribution in [-0.2, 0) is 5.67 Å². The van der Waals surface area contributed by atoms with E-state index in [-0.39, 0.29) is 0 Å². The number of rotatable bonds is 3. The number of alkyl halides is 1. The van der Waals surface area contributed by atoms with E-state index in [0.29, 0.717) is 35.2 Å². The Bertz CT molecular complexity index is 587. The van der Waals surface area contributed by atoms with Gasteiger partial charge in [0, 0.05) is 29.7 Å². The van der Waals surface area contributed by atoms with Crippen molar-refractivity contribution in [3.8, 4) is 5.75 Å². The zero-order valence-electron chi connectivity index (χ0n) is 14.4. The van der Waals surface area contributed by atoms with Crippen LogP contribution in [0.4, 0.5) is 4.39 Å². The molecule has 3 aliphatic rings. The second-order valence-electron chi connectivity index (χ2n) is 8.02. The minimum atomic E-state index is -1.32.